The smallest absolute Gasteiger partial charge is 0.287 e. The van der Waals surface area contributed by atoms with E-state index in [2.05, 4.69) is 15.5 Å². The van der Waals surface area contributed by atoms with Crippen LogP contribution in [0.1, 0.15) is 28.9 Å². The summed E-state index contributed by atoms with van der Waals surface area (Å²) in [5.41, 5.74) is 1.92. The molecule has 6 heteroatoms. The lowest BCUT2D eigenvalue weighted by atomic mass is 10.1. The maximum atomic E-state index is 11.9. The standard InChI is InChI=1S/C13H17N3O3/c1-8(6-10-7-9(2)15-16-10)14-13(17)11-4-5-12(18-3)19-11/h4-5,7-8H,6H2,1-3H3,(H,14,17)(H,15,16)/t8-/m1/s1. The summed E-state index contributed by atoms with van der Waals surface area (Å²) in [6.07, 6.45) is 0.661. The first-order chi connectivity index (χ1) is 9.08. The largest absolute Gasteiger partial charge is 0.468 e. The van der Waals surface area contributed by atoms with E-state index in [0.29, 0.717) is 12.4 Å². The topological polar surface area (TPSA) is 80.1 Å². The Morgan fingerprint density at radius 1 is 1.58 bits per heavy atom. The van der Waals surface area contributed by atoms with E-state index in [1.807, 2.05) is 19.9 Å². The van der Waals surface area contributed by atoms with Crippen LogP contribution in [0, 0.1) is 6.92 Å². The zero-order valence-corrected chi connectivity index (χ0v) is 11.2. The number of furan rings is 1. The molecule has 0 radical (unpaired) electrons. The van der Waals surface area contributed by atoms with Crippen molar-refractivity contribution in [2.45, 2.75) is 26.3 Å². The molecule has 2 rings (SSSR count). The number of nitrogens with zero attached hydrogens (tertiary/aromatic N) is 1. The Hall–Kier alpha value is -2.24. The van der Waals surface area contributed by atoms with E-state index in [1.165, 1.54) is 7.11 Å². The van der Waals surface area contributed by atoms with Crippen LogP contribution in [0.2, 0.25) is 0 Å². The first-order valence-electron chi connectivity index (χ1n) is 6.04. The average Bonchev–Trinajstić information content (AvgIpc) is 2.98. The molecule has 102 valence electrons. The van der Waals surface area contributed by atoms with Gasteiger partial charge in [-0.25, -0.2) is 0 Å². The van der Waals surface area contributed by atoms with Gasteiger partial charge in [0.2, 0.25) is 0 Å². The van der Waals surface area contributed by atoms with Crippen LogP contribution < -0.4 is 10.1 Å². The number of aromatic nitrogens is 2. The van der Waals surface area contributed by atoms with Gasteiger partial charge in [0.1, 0.15) is 0 Å². The summed E-state index contributed by atoms with van der Waals surface area (Å²) in [7, 11) is 1.49. The van der Waals surface area contributed by atoms with Gasteiger partial charge in [0.15, 0.2) is 5.76 Å². The van der Waals surface area contributed by atoms with Crippen molar-refractivity contribution in [2.24, 2.45) is 0 Å². The Kier molecular flexibility index (Phi) is 3.89. The maximum Gasteiger partial charge on any atom is 0.287 e. The van der Waals surface area contributed by atoms with Crippen molar-refractivity contribution in [2.75, 3.05) is 7.11 Å². The number of nitrogens with one attached hydrogen (secondary N) is 2. The van der Waals surface area contributed by atoms with Crippen molar-refractivity contribution in [1.82, 2.24) is 15.5 Å². The fourth-order valence-electron chi connectivity index (χ4n) is 1.79. The fraction of sp³-hybridized carbons (Fsp3) is 0.385. The van der Waals surface area contributed by atoms with E-state index in [9.17, 15) is 4.79 Å². The van der Waals surface area contributed by atoms with Gasteiger partial charge < -0.3 is 14.5 Å². The quantitative estimate of drug-likeness (QED) is 0.860. The minimum absolute atomic E-state index is 0.0358. The van der Waals surface area contributed by atoms with E-state index < -0.39 is 0 Å². The molecule has 2 aromatic heterocycles. The molecule has 2 aromatic rings. The highest BCUT2D eigenvalue weighted by molar-refractivity contribution is 5.91. The van der Waals surface area contributed by atoms with Gasteiger partial charge in [-0.1, -0.05) is 0 Å². The number of ether oxygens (including phenoxy) is 1. The third kappa shape index (κ3) is 3.37. The number of aryl methyl sites for hydroxylation is 1. The number of aromatic amines is 1. The summed E-state index contributed by atoms with van der Waals surface area (Å²) >= 11 is 0. The van der Waals surface area contributed by atoms with E-state index >= 15 is 0 Å². The molecule has 0 saturated carbocycles. The van der Waals surface area contributed by atoms with Crippen LogP contribution in [0.15, 0.2) is 22.6 Å². The molecule has 0 fully saturated rings. The molecule has 2 N–H and O–H groups in total. The summed E-state index contributed by atoms with van der Waals surface area (Å²) in [6.45, 7) is 3.86. The van der Waals surface area contributed by atoms with E-state index in [4.69, 9.17) is 9.15 Å². The molecule has 0 bridgehead atoms. The van der Waals surface area contributed by atoms with Gasteiger partial charge in [0.25, 0.3) is 11.9 Å². The molecular weight excluding hydrogens is 246 g/mol. The second-order valence-corrected chi connectivity index (χ2v) is 4.44. The van der Waals surface area contributed by atoms with Crippen LogP contribution in [-0.4, -0.2) is 29.3 Å². The lowest BCUT2D eigenvalue weighted by Crippen LogP contribution is -2.33. The number of methoxy groups -OCH3 is 1. The summed E-state index contributed by atoms with van der Waals surface area (Å²) in [5.74, 6) is 0.297. The molecule has 0 aliphatic heterocycles. The summed E-state index contributed by atoms with van der Waals surface area (Å²) < 4.78 is 10.1. The minimum atomic E-state index is -0.261. The van der Waals surface area contributed by atoms with Crippen LogP contribution in [-0.2, 0) is 6.42 Å². The van der Waals surface area contributed by atoms with Crippen molar-refractivity contribution in [3.63, 3.8) is 0 Å². The molecule has 0 spiro atoms. The number of amides is 1. The number of carbonyl (C=O) groups excluding carboxylic acids is 1. The first kappa shape index (κ1) is 13.2. The van der Waals surface area contributed by atoms with Crippen LogP contribution in [0.3, 0.4) is 0 Å². The van der Waals surface area contributed by atoms with Crippen molar-refractivity contribution >= 4 is 5.91 Å². The van der Waals surface area contributed by atoms with Gasteiger partial charge in [-0.15, -0.1) is 0 Å². The Morgan fingerprint density at radius 3 is 2.95 bits per heavy atom. The van der Waals surface area contributed by atoms with Gasteiger partial charge in [-0.3, -0.25) is 9.89 Å². The molecule has 0 unspecified atom stereocenters. The zero-order valence-electron chi connectivity index (χ0n) is 11.2. The highest BCUT2D eigenvalue weighted by atomic mass is 16.6. The molecule has 6 nitrogen and oxygen atoms in total. The van der Waals surface area contributed by atoms with E-state index in [1.54, 1.807) is 12.1 Å². The maximum absolute atomic E-state index is 11.9. The molecule has 1 amide bonds. The van der Waals surface area contributed by atoms with Gasteiger partial charge in [-0.05, 0) is 26.0 Å². The van der Waals surface area contributed by atoms with Crippen molar-refractivity contribution < 1.29 is 13.9 Å². The van der Waals surface area contributed by atoms with Crippen LogP contribution in [0.25, 0.3) is 0 Å². The predicted molar refractivity (Wildman–Crippen MR) is 69.2 cm³/mol. The van der Waals surface area contributed by atoms with Crippen molar-refractivity contribution in [1.29, 1.82) is 0 Å². The molecule has 2 heterocycles. The van der Waals surface area contributed by atoms with Crippen LogP contribution in [0.4, 0.5) is 0 Å². The fourth-order valence-corrected chi connectivity index (χ4v) is 1.79. The predicted octanol–water partition coefficient (Wildman–Crippen LogP) is 1.68. The summed E-state index contributed by atoms with van der Waals surface area (Å²) in [6, 6.07) is 5.11. The normalized spacial score (nSPS) is 12.2. The summed E-state index contributed by atoms with van der Waals surface area (Å²) in [5, 5.41) is 9.85. The third-order valence-electron chi connectivity index (χ3n) is 2.66. The van der Waals surface area contributed by atoms with Crippen molar-refractivity contribution in [3.8, 4) is 5.95 Å². The molecule has 1 atom stereocenters. The Morgan fingerprint density at radius 2 is 2.37 bits per heavy atom. The molecule has 19 heavy (non-hydrogen) atoms. The molecule has 0 aliphatic rings. The highest BCUT2D eigenvalue weighted by Gasteiger charge is 2.15. The van der Waals surface area contributed by atoms with Gasteiger partial charge >= 0.3 is 0 Å². The highest BCUT2D eigenvalue weighted by Crippen LogP contribution is 2.15. The average molecular weight is 263 g/mol. The summed E-state index contributed by atoms with van der Waals surface area (Å²) in [4.78, 5) is 11.9. The Bertz CT molecular complexity index is 559. The second-order valence-electron chi connectivity index (χ2n) is 4.44. The molecule has 0 saturated heterocycles. The molecule has 0 aliphatic carbocycles. The SMILES string of the molecule is COc1ccc(C(=O)N[C@H](C)Cc2cc(C)[nH]n2)o1. The van der Waals surface area contributed by atoms with Crippen molar-refractivity contribution in [3.05, 3.63) is 35.3 Å². The number of rotatable bonds is 5. The van der Waals surface area contributed by atoms with Gasteiger partial charge in [-0.2, -0.15) is 5.10 Å². The molecular formula is C13H17N3O3. The Labute approximate surface area is 111 Å². The monoisotopic (exact) mass is 263 g/mol. The van der Waals surface area contributed by atoms with Gasteiger partial charge in [0, 0.05) is 24.2 Å². The minimum Gasteiger partial charge on any atom is -0.468 e. The Balaban J connectivity index is 1.91. The van der Waals surface area contributed by atoms with E-state index in [-0.39, 0.29) is 17.7 Å². The number of hydrogen-bond donors (Lipinski definition) is 2. The second kappa shape index (κ2) is 5.60. The zero-order chi connectivity index (χ0) is 13.8. The van der Waals surface area contributed by atoms with Gasteiger partial charge in [0.05, 0.1) is 12.8 Å². The van der Waals surface area contributed by atoms with Crippen LogP contribution >= 0.6 is 0 Å². The number of carbonyl (C=O) groups is 1. The lowest BCUT2D eigenvalue weighted by Gasteiger charge is -2.10. The van der Waals surface area contributed by atoms with E-state index in [0.717, 1.165) is 11.4 Å². The first-order valence-corrected chi connectivity index (χ1v) is 6.04. The third-order valence-corrected chi connectivity index (χ3v) is 2.66. The number of H-pyrrole nitrogens is 1. The molecule has 0 aromatic carbocycles. The lowest BCUT2D eigenvalue weighted by molar-refractivity contribution is 0.0905. The van der Waals surface area contributed by atoms with Crippen LogP contribution in [0.5, 0.6) is 5.95 Å². The number of hydrogen-bond acceptors (Lipinski definition) is 4.